The molecule has 3 aromatic carbocycles. The number of nitrogens with one attached hydrogen (secondary N) is 1. The highest BCUT2D eigenvalue weighted by molar-refractivity contribution is 8.00. The van der Waals surface area contributed by atoms with Crippen LogP contribution in [0.4, 0.5) is 11.4 Å². The van der Waals surface area contributed by atoms with Gasteiger partial charge in [0.05, 0.1) is 5.75 Å². The van der Waals surface area contributed by atoms with E-state index in [2.05, 4.69) is 52.1 Å². The van der Waals surface area contributed by atoms with Gasteiger partial charge < -0.3 is 5.32 Å². The predicted octanol–water partition coefficient (Wildman–Crippen LogP) is 7.14. The number of benzene rings is 3. The van der Waals surface area contributed by atoms with Crippen molar-refractivity contribution in [3.8, 4) is 0 Å². The normalized spacial score (nSPS) is 16.2. The van der Waals surface area contributed by atoms with Crippen LogP contribution in [0.1, 0.15) is 73.0 Å². The highest BCUT2D eigenvalue weighted by Gasteiger charge is 2.34. The van der Waals surface area contributed by atoms with Crippen molar-refractivity contribution in [2.24, 2.45) is 0 Å². The second-order valence-corrected chi connectivity index (χ2v) is 11.1. The minimum absolute atomic E-state index is 0.0504. The number of amides is 2. The van der Waals surface area contributed by atoms with Crippen LogP contribution in [0.2, 0.25) is 0 Å². The molecule has 3 aromatic rings. The van der Waals surface area contributed by atoms with Crippen LogP contribution in [-0.2, 0) is 10.2 Å². The molecule has 4 nitrogen and oxygen atoms in total. The average molecular weight is 473 g/mol. The van der Waals surface area contributed by atoms with E-state index in [0.717, 1.165) is 16.9 Å². The Morgan fingerprint density at radius 3 is 2.12 bits per heavy atom. The molecule has 5 heteroatoms. The molecule has 176 valence electrons. The van der Waals surface area contributed by atoms with Gasteiger partial charge in [-0.2, -0.15) is 0 Å². The minimum Gasteiger partial charge on any atom is -0.322 e. The maximum atomic E-state index is 12.7. The Bertz CT molecular complexity index is 1160. The van der Waals surface area contributed by atoms with Gasteiger partial charge in [-0.05, 0) is 64.4 Å². The van der Waals surface area contributed by atoms with Crippen molar-refractivity contribution in [1.29, 1.82) is 0 Å². The molecule has 0 radical (unpaired) electrons. The molecule has 0 aromatic heterocycles. The Hall–Kier alpha value is -3.05. The van der Waals surface area contributed by atoms with E-state index in [9.17, 15) is 9.59 Å². The lowest BCUT2D eigenvalue weighted by Crippen LogP contribution is -2.27. The Morgan fingerprint density at radius 2 is 1.56 bits per heavy atom. The summed E-state index contributed by atoms with van der Waals surface area (Å²) in [6.45, 7) is 10.8. The first-order valence-electron chi connectivity index (χ1n) is 11.7. The van der Waals surface area contributed by atoms with Gasteiger partial charge in [0.15, 0.2) is 0 Å². The van der Waals surface area contributed by atoms with Crippen molar-refractivity contribution in [3.63, 3.8) is 0 Å². The van der Waals surface area contributed by atoms with Gasteiger partial charge in [-0.25, -0.2) is 0 Å². The van der Waals surface area contributed by atoms with E-state index in [0.29, 0.717) is 17.2 Å². The number of carbonyl (C=O) groups excluding carboxylic acids is 2. The second kappa shape index (κ2) is 9.67. The molecule has 1 atom stereocenters. The zero-order chi connectivity index (χ0) is 24.5. The van der Waals surface area contributed by atoms with Crippen molar-refractivity contribution >= 4 is 35.0 Å². The highest BCUT2D eigenvalue weighted by Crippen LogP contribution is 2.42. The van der Waals surface area contributed by atoms with Gasteiger partial charge in [0.2, 0.25) is 5.91 Å². The van der Waals surface area contributed by atoms with Crippen LogP contribution >= 0.6 is 11.8 Å². The number of anilines is 2. The van der Waals surface area contributed by atoms with E-state index < -0.39 is 0 Å². The molecule has 34 heavy (non-hydrogen) atoms. The number of thioether (sulfide) groups is 1. The van der Waals surface area contributed by atoms with Gasteiger partial charge in [-0.15, -0.1) is 11.8 Å². The van der Waals surface area contributed by atoms with Gasteiger partial charge in [0.1, 0.15) is 5.37 Å². The molecule has 1 saturated heterocycles. The Kier molecular flexibility index (Phi) is 6.85. The Balaban J connectivity index is 1.47. The number of hydrogen-bond acceptors (Lipinski definition) is 3. The maximum Gasteiger partial charge on any atom is 0.255 e. The molecule has 0 spiro atoms. The standard InChI is InChI=1S/C29H32N2O2S/c1-19(2)20-10-16-25(17-11-20)31-26(32)18-34-28(31)22-8-14-24(15-9-22)30-27(33)21-6-12-23(13-7-21)29(3,4)5/h6-17,19,28H,18H2,1-5H3,(H,30,33). The molecule has 0 bridgehead atoms. The van der Waals surface area contributed by atoms with Crippen LogP contribution in [0, 0.1) is 0 Å². The molecule has 2 amide bonds. The molecule has 4 rings (SSSR count). The summed E-state index contributed by atoms with van der Waals surface area (Å²) in [5, 5.41) is 2.90. The molecule has 1 aliphatic rings. The second-order valence-electron chi connectivity index (χ2n) is 10.1. The smallest absolute Gasteiger partial charge is 0.255 e. The van der Waals surface area contributed by atoms with Gasteiger partial charge in [0.25, 0.3) is 5.91 Å². The van der Waals surface area contributed by atoms with Crippen molar-refractivity contribution in [1.82, 2.24) is 0 Å². The van der Waals surface area contributed by atoms with E-state index in [1.54, 1.807) is 11.8 Å². The lowest BCUT2D eigenvalue weighted by atomic mass is 9.87. The van der Waals surface area contributed by atoms with E-state index in [4.69, 9.17) is 0 Å². The number of rotatable bonds is 5. The summed E-state index contributed by atoms with van der Waals surface area (Å²) in [7, 11) is 0. The zero-order valence-electron chi connectivity index (χ0n) is 20.5. The van der Waals surface area contributed by atoms with Crippen molar-refractivity contribution in [3.05, 3.63) is 95.1 Å². The van der Waals surface area contributed by atoms with Crippen LogP contribution in [0.25, 0.3) is 0 Å². The maximum absolute atomic E-state index is 12.7. The fraction of sp³-hybridized carbons (Fsp3) is 0.310. The molecule has 1 unspecified atom stereocenters. The van der Waals surface area contributed by atoms with Gasteiger partial charge in [-0.1, -0.05) is 71.0 Å². The lowest BCUT2D eigenvalue weighted by Gasteiger charge is -2.25. The first-order valence-corrected chi connectivity index (χ1v) is 12.7. The van der Waals surface area contributed by atoms with Crippen molar-refractivity contribution < 1.29 is 9.59 Å². The van der Waals surface area contributed by atoms with Crippen LogP contribution in [0.15, 0.2) is 72.8 Å². The summed E-state index contributed by atoms with van der Waals surface area (Å²) in [4.78, 5) is 27.3. The third-order valence-corrected chi connectivity index (χ3v) is 7.38. The Morgan fingerprint density at radius 1 is 0.941 bits per heavy atom. The number of carbonyl (C=O) groups is 2. The van der Waals surface area contributed by atoms with Gasteiger partial charge in [-0.3, -0.25) is 14.5 Å². The predicted molar refractivity (Wildman–Crippen MR) is 143 cm³/mol. The van der Waals surface area contributed by atoms with E-state index in [1.165, 1.54) is 11.1 Å². The number of hydrogen-bond donors (Lipinski definition) is 1. The van der Waals surface area contributed by atoms with Gasteiger partial charge in [0, 0.05) is 16.9 Å². The summed E-state index contributed by atoms with van der Waals surface area (Å²) < 4.78 is 0. The summed E-state index contributed by atoms with van der Waals surface area (Å²) in [5.74, 6) is 0.890. The van der Waals surface area contributed by atoms with Gasteiger partial charge >= 0.3 is 0 Å². The summed E-state index contributed by atoms with van der Waals surface area (Å²) >= 11 is 1.63. The van der Waals surface area contributed by atoms with E-state index >= 15 is 0 Å². The van der Waals surface area contributed by atoms with Crippen molar-refractivity contribution in [2.45, 2.75) is 51.3 Å². The third-order valence-electron chi connectivity index (χ3n) is 6.17. The monoisotopic (exact) mass is 472 g/mol. The fourth-order valence-electron chi connectivity index (χ4n) is 4.03. The fourth-order valence-corrected chi connectivity index (χ4v) is 5.20. The van der Waals surface area contributed by atoms with E-state index in [-0.39, 0.29) is 22.6 Å². The molecular formula is C29H32N2O2S. The lowest BCUT2D eigenvalue weighted by molar-refractivity contribution is -0.115. The molecule has 0 aliphatic carbocycles. The van der Waals surface area contributed by atoms with Crippen molar-refractivity contribution in [2.75, 3.05) is 16.0 Å². The topological polar surface area (TPSA) is 49.4 Å². The summed E-state index contributed by atoms with van der Waals surface area (Å²) in [6.07, 6.45) is 0. The average Bonchev–Trinajstić information content (AvgIpc) is 3.20. The minimum atomic E-state index is -0.134. The third kappa shape index (κ3) is 5.20. The van der Waals surface area contributed by atoms with E-state index in [1.807, 2.05) is 65.6 Å². The summed E-state index contributed by atoms with van der Waals surface area (Å²) in [6, 6.07) is 23.8. The first kappa shape index (κ1) is 24.1. The molecule has 0 saturated carbocycles. The van der Waals surface area contributed by atoms with Crippen LogP contribution in [-0.4, -0.2) is 17.6 Å². The van der Waals surface area contributed by atoms with Crippen LogP contribution in [0.5, 0.6) is 0 Å². The van der Waals surface area contributed by atoms with Crippen LogP contribution in [0.3, 0.4) is 0 Å². The first-order chi connectivity index (χ1) is 16.1. The SMILES string of the molecule is CC(C)c1ccc(N2C(=O)CSC2c2ccc(NC(=O)c3ccc(C(C)(C)C)cc3)cc2)cc1. The molecule has 1 aliphatic heterocycles. The number of nitrogens with zero attached hydrogens (tertiary/aromatic N) is 1. The largest absolute Gasteiger partial charge is 0.322 e. The Labute approximate surface area is 206 Å². The molecular weight excluding hydrogens is 440 g/mol. The van der Waals surface area contributed by atoms with Crippen LogP contribution < -0.4 is 10.2 Å². The molecule has 1 N–H and O–H groups in total. The highest BCUT2D eigenvalue weighted by atomic mass is 32.2. The molecule has 1 heterocycles. The zero-order valence-corrected chi connectivity index (χ0v) is 21.3. The quantitative estimate of drug-likeness (QED) is 0.429. The molecule has 1 fully saturated rings. The summed E-state index contributed by atoms with van der Waals surface area (Å²) in [5.41, 5.74) is 5.82.